The van der Waals surface area contributed by atoms with Crippen LogP contribution >= 0.6 is 23.8 Å². The van der Waals surface area contributed by atoms with Crippen LogP contribution in [0.25, 0.3) is 5.69 Å². The van der Waals surface area contributed by atoms with Crippen LogP contribution in [0.15, 0.2) is 67.0 Å². The molecular weight excluding hydrogens is 388 g/mol. The maximum absolute atomic E-state index is 6.25. The number of hydrogen-bond acceptors (Lipinski definition) is 2. The summed E-state index contributed by atoms with van der Waals surface area (Å²) in [5, 5.41) is 5.00. The van der Waals surface area contributed by atoms with Crippen molar-refractivity contribution in [2.24, 2.45) is 5.92 Å². The van der Waals surface area contributed by atoms with E-state index in [0.29, 0.717) is 5.92 Å². The van der Waals surface area contributed by atoms with Crippen LogP contribution in [0.1, 0.15) is 37.3 Å². The fourth-order valence-electron chi connectivity index (χ4n) is 3.81. The third-order valence-corrected chi connectivity index (χ3v) is 5.52. The van der Waals surface area contributed by atoms with Gasteiger partial charge in [0.2, 0.25) is 0 Å². The van der Waals surface area contributed by atoms with E-state index >= 15 is 0 Å². The number of halogens is 1. The van der Waals surface area contributed by atoms with E-state index in [0.717, 1.165) is 33.8 Å². The van der Waals surface area contributed by atoms with E-state index in [1.807, 2.05) is 36.5 Å². The number of nitrogens with one attached hydrogen (secondary N) is 1. The Kier molecular flexibility index (Phi) is 5.38. The Bertz CT molecular complexity index is 969. The summed E-state index contributed by atoms with van der Waals surface area (Å²) in [5.74, 6) is 0.485. The van der Waals surface area contributed by atoms with E-state index in [1.54, 1.807) is 0 Å². The lowest BCUT2D eigenvalue weighted by Gasteiger charge is -2.30. The second kappa shape index (κ2) is 7.94. The maximum Gasteiger partial charge on any atom is 0.170 e. The maximum atomic E-state index is 6.25. The zero-order chi connectivity index (χ0) is 19.7. The van der Waals surface area contributed by atoms with Gasteiger partial charge < -0.3 is 14.8 Å². The number of nitrogens with zero attached hydrogens (tertiary/aromatic N) is 3. The molecular formula is C22H23ClN4S. The van der Waals surface area contributed by atoms with E-state index in [-0.39, 0.29) is 12.1 Å². The lowest BCUT2D eigenvalue weighted by Crippen LogP contribution is -2.33. The first-order valence-corrected chi connectivity index (χ1v) is 10.2. The predicted octanol–water partition coefficient (Wildman–Crippen LogP) is 5.15. The van der Waals surface area contributed by atoms with E-state index in [4.69, 9.17) is 23.8 Å². The largest absolute Gasteiger partial charge is 0.352 e. The van der Waals surface area contributed by atoms with Gasteiger partial charge in [-0.1, -0.05) is 37.6 Å². The summed E-state index contributed by atoms with van der Waals surface area (Å²) in [6.07, 6.45) is 3.91. The van der Waals surface area contributed by atoms with E-state index < -0.39 is 0 Å². The molecule has 4 rings (SSSR count). The van der Waals surface area contributed by atoms with Crippen LogP contribution in [0.3, 0.4) is 0 Å². The van der Waals surface area contributed by atoms with Crippen LogP contribution in [0.5, 0.6) is 0 Å². The first-order valence-electron chi connectivity index (χ1n) is 9.46. The first-order chi connectivity index (χ1) is 13.5. The highest BCUT2D eigenvalue weighted by molar-refractivity contribution is 7.80. The van der Waals surface area contributed by atoms with Gasteiger partial charge in [-0.05, 0) is 60.6 Å². The minimum atomic E-state index is -0.0136. The Morgan fingerprint density at radius 3 is 2.71 bits per heavy atom. The molecule has 1 fully saturated rings. The number of pyridine rings is 1. The van der Waals surface area contributed by atoms with Gasteiger partial charge >= 0.3 is 0 Å². The van der Waals surface area contributed by atoms with Gasteiger partial charge in [0.25, 0.3) is 0 Å². The van der Waals surface area contributed by atoms with Crippen molar-refractivity contribution in [3.05, 3.63) is 83.4 Å². The molecule has 0 saturated carbocycles. The number of benzene rings is 1. The average molecular weight is 411 g/mol. The van der Waals surface area contributed by atoms with Gasteiger partial charge in [0.15, 0.2) is 5.11 Å². The van der Waals surface area contributed by atoms with Crippen LogP contribution in [-0.4, -0.2) is 26.1 Å². The number of thiocarbonyl (C=S) groups is 1. The molecule has 144 valence electrons. The third kappa shape index (κ3) is 3.64. The molecule has 1 aromatic carbocycles. The fraction of sp³-hybridized carbons (Fsp3) is 0.273. The molecule has 3 heterocycles. The Balaban J connectivity index is 1.81. The SMILES string of the molecule is CC(C)CN1C(=S)N[C@@H](c2ccccn2)[C@H]1c1cccn1-c1cccc(Cl)c1. The first kappa shape index (κ1) is 19.0. The average Bonchev–Trinajstić information content (AvgIpc) is 3.27. The van der Waals surface area contributed by atoms with Crippen molar-refractivity contribution in [1.82, 2.24) is 19.8 Å². The molecule has 2 atom stereocenters. The topological polar surface area (TPSA) is 33.1 Å². The van der Waals surface area contributed by atoms with Gasteiger partial charge in [-0.3, -0.25) is 4.98 Å². The van der Waals surface area contributed by atoms with Gasteiger partial charge in [0, 0.05) is 35.3 Å². The summed E-state index contributed by atoms with van der Waals surface area (Å²) in [7, 11) is 0. The zero-order valence-corrected chi connectivity index (χ0v) is 17.5. The van der Waals surface area contributed by atoms with E-state index in [1.165, 1.54) is 0 Å². The van der Waals surface area contributed by atoms with Crippen molar-refractivity contribution in [3.8, 4) is 5.69 Å². The lowest BCUT2D eigenvalue weighted by molar-refractivity contribution is 0.280. The summed E-state index contributed by atoms with van der Waals surface area (Å²) in [5.41, 5.74) is 3.18. The molecule has 0 unspecified atom stereocenters. The molecule has 1 aliphatic rings. The molecule has 3 aromatic rings. The van der Waals surface area contributed by atoms with Crippen LogP contribution in [0.4, 0.5) is 0 Å². The minimum absolute atomic E-state index is 0.0136. The molecule has 2 aromatic heterocycles. The molecule has 1 saturated heterocycles. The molecule has 0 amide bonds. The molecule has 28 heavy (non-hydrogen) atoms. The Morgan fingerprint density at radius 1 is 1.14 bits per heavy atom. The van der Waals surface area contributed by atoms with Gasteiger partial charge in [-0.15, -0.1) is 0 Å². The summed E-state index contributed by atoms with van der Waals surface area (Å²) in [4.78, 5) is 6.89. The van der Waals surface area contributed by atoms with Crippen LogP contribution in [0.2, 0.25) is 5.02 Å². The summed E-state index contributed by atoms with van der Waals surface area (Å²) in [6, 6.07) is 18.2. The minimum Gasteiger partial charge on any atom is -0.352 e. The van der Waals surface area contributed by atoms with Crippen LogP contribution in [0, 0.1) is 5.92 Å². The normalized spacial score (nSPS) is 19.3. The molecule has 6 heteroatoms. The highest BCUT2D eigenvalue weighted by Gasteiger charge is 2.41. The van der Waals surface area contributed by atoms with Crippen molar-refractivity contribution < 1.29 is 0 Å². The molecule has 1 N–H and O–H groups in total. The molecule has 1 aliphatic heterocycles. The summed E-state index contributed by atoms with van der Waals surface area (Å²) >= 11 is 12.0. The molecule has 0 radical (unpaired) electrons. The molecule has 0 bridgehead atoms. The van der Waals surface area contributed by atoms with Crippen LogP contribution in [-0.2, 0) is 0 Å². The standard InChI is InChI=1S/C22H23ClN4S/c1-15(2)14-27-21(20(25-22(27)28)18-9-3-4-11-24-18)19-10-6-12-26(19)17-8-5-7-16(23)13-17/h3-13,15,20-21H,14H2,1-2H3,(H,25,28)/t20-,21+/m0/s1. The number of rotatable bonds is 5. The highest BCUT2D eigenvalue weighted by atomic mass is 35.5. The number of hydrogen-bond donors (Lipinski definition) is 1. The highest BCUT2D eigenvalue weighted by Crippen LogP contribution is 2.40. The van der Waals surface area contributed by atoms with Crippen molar-refractivity contribution >= 4 is 28.9 Å². The molecule has 0 aliphatic carbocycles. The van der Waals surface area contributed by atoms with Gasteiger partial charge in [-0.2, -0.15) is 0 Å². The quantitative estimate of drug-likeness (QED) is 0.589. The number of aromatic nitrogens is 2. The Labute approximate surface area is 176 Å². The summed E-state index contributed by atoms with van der Waals surface area (Å²) < 4.78 is 2.19. The smallest absolute Gasteiger partial charge is 0.170 e. The third-order valence-electron chi connectivity index (χ3n) is 4.93. The predicted molar refractivity (Wildman–Crippen MR) is 118 cm³/mol. The molecule has 4 nitrogen and oxygen atoms in total. The van der Waals surface area contributed by atoms with Crippen molar-refractivity contribution in [2.75, 3.05) is 6.54 Å². The Morgan fingerprint density at radius 2 is 2.00 bits per heavy atom. The van der Waals surface area contributed by atoms with Crippen molar-refractivity contribution in [3.63, 3.8) is 0 Å². The second-order valence-electron chi connectivity index (χ2n) is 7.46. The van der Waals surface area contributed by atoms with Gasteiger partial charge in [0.1, 0.15) is 0 Å². The Hall–Kier alpha value is -2.37. The fourth-order valence-corrected chi connectivity index (χ4v) is 4.31. The van der Waals surface area contributed by atoms with E-state index in [9.17, 15) is 0 Å². The second-order valence-corrected chi connectivity index (χ2v) is 8.28. The van der Waals surface area contributed by atoms with Crippen molar-refractivity contribution in [2.45, 2.75) is 25.9 Å². The zero-order valence-electron chi connectivity index (χ0n) is 15.9. The van der Waals surface area contributed by atoms with E-state index in [2.05, 4.69) is 64.1 Å². The lowest BCUT2D eigenvalue weighted by atomic mass is 10.0. The van der Waals surface area contributed by atoms with Gasteiger partial charge in [0.05, 0.1) is 17.8 Å². The summed E-state index contributed by atoms with van der Waals surface area (Å²) in [6.45, 7) is 5.30. The van der Waals surface area contributed by atoms with Gasteiger partial charge in [-0.25, -0.2) is 0 Å². The monoisotopic (exact) mass is 410 g/mol. The van der Waals surface area contributed by atoms with Crippen LogP contribution < -0.4 is 5.32 Å². The van der Waals surface area contributed by atoms with Crippen molar-refractivity contribution in [1.29, 1.82) is 0 Å². The molecule has 0 spiro atoms.